The Morgan fingerprint density at radius 2 is 1.19 bits per heavy atom. The molecule has 3 unspecified atom stereocenters. The van der Waals surface area contributed by atoms with Crippen molar-refractivity contribution in [1.82, 2.24) is 0 Å². The molecule has 1 fully saturated rings. The normalized spacial score (nSPS) is 27.1. The lowest BCUT2D eigenvalue weighted by Crippen LogP contribution is -2.27. The molecule has 0 N–H and O–H groups in total. The van der Waals surface area contributed by atoms with E-state index in [-0.39, 0.29) is 5.41 Å². The average molecular weight is 344 g/mol. The Morgan fingerprint density at radius 1 is 0.667 bits per heavy atom. The van der Waals surface area contributed by atoms with Crippen LogP contribution in [0.25, 0.3) is 16.7 Å². The maximum atomic E-state index is 2.49. The fourth-order valence-corrected chi connectivity index (χ4v) is 6.38. The number of allylic oxidation sites excluding steroid dienone is 4. The molecule has 0 bridgehead atoms. The minimum Gasteiger partial charge on any atom is -0.0802 e. The van der Waals surface area contributed by atoms with Crippen molar-refractivity contribution in [3.63, 3.8) is 0 Å². The van der Waals surface area contributed by atoms with Gasteiger partial charge >= 0.3 is 0 Å². The number of fused-ring (bicyclic) bond motifs is 11. The first kappa shape index (κ1) is 14.2. The van der Waals surface area contributed by atoms with Gasteiger partial charge in [0.1, 0.15) is 0 Å². The first-order valence-corrected chi connectivity index (χ1v) is 10.1. The lowest BCUT2D eigenvalue weighted by Gasteiger charge is -2.32. The van der Waals surface area contributed by atoms with Crippen LogP contribution in [0, 0.1) is 17.8 Å². The highest BCUT2D eigenvalue weighted by atomic mass is 14.6. The topological polar surface area (TPSA) is 0 Å². The van der Waals surface area contributed by atoms with Crippen molar-refractivity contribution in [1.29, 1.82) is 0 Å². The van der Waals surface area contributed by atoms with Gasteiger partial charge in [0, 0.05) is 0 Å². The van der Waals surface area contributed by atoms with Crippen LogP contribution in [0.1, 0.15) is 29.2 Å². The van der Waals surface area contributed by atoms with Crippen molar-refractivity contribution in [3.8, 4) is 11.1 Å². The van der Waals surface area contributed by atoms with Crippen LogP contribution in [0.15, 0.2) is 90.5 Å². The minimum absolute atomic E-state index is 0.136. The summed E-state index contributed by atoms with van der Waals surface area (Å²) in [5.74, 6) is 2.20. The molecule has 3 aromatic carbocycles. The van der Waals surface area contributed by atoms with Crippen LogP contribution >= 0.6 is 0 Å². The molecular weight excluding hydrogens is 324 g/mol. The van der Waals surface area contributed by atoms with Crippen molar-refractivity contribution < 1.29 is 0 Å². The summed E-state index contributed by atoms with van der Waals surface area (Å²) in [4.78, 5) is 0. The first-order valence-electron chi connectivity index (χ1n) is 10.1. The van der Waals surface area contributed by atoms with Crippen molar-refractivity contribution >= 4 is 5.57 Å². The largest absolute Gasteiger partial charge is 0.0802 e. The van der Waals surface area contributed by atoms with Crippen molar-refractivity contribution in [2.45, 2.75) is 12.3 Å². The van der Waals surface area contributed by atoms with E-state index >= 15 is 0 Å². The van der Waals surface area contributed by atoms with Crippen LogP contribution in [0.4, 0.5) is 0 Å². The third-order valence-electron chi connectivity index (χ3n) is 7.53. The molecule has 1 spiro atoms. The second-order valence-corrected chi connectivity index (χ2v) is 8.54. The van der Waals surface area contributed by atoms with E-state index in [1.807, 2.05) is 0 Å². The Kier molecular flexibility index (Phi) is 2.38. The van der Waals surface area contributed by atoms with Crippen LogP contribution < -0.4 is 0 Å². The van der Waals surface area contributed by atoms with E-state index in [9.17, 15) is 0 Å². The molecule has 4 aliphatic carbocycles. The summed E-state index contributed by atoms with van der Waals surface area (Å²) in [7, 11) is 0. The fourth-order valence-electron chi connectivity index (χ4n) is 6.38. The molecule has 0 heteroatoms. The van der Waals surface area contributed by atoms with Gasteiger partial charge in [0.05, 0.1) is 5.41 Å². The summed E-state index contributed by atoms with van der Waals surface area (Å²) < 4.78 is 0. The second kappa shape index (κ2) is 4.51. The molecule has 0 heterocycles. The fraction of sp³-hybridized carbons (Fsp3) is 0.185. The number of hydrogen-bond donors (Lipinski definition) is 0. The van der Waals surface area contributed by atoms with Gasteiger partial charge in [-0.15, -0.1) is 0 Å². The molecular formula is C27H20. The molecule has 0 aromatic heterocycles. The molecule has 0 nitrogen and oxygen atoms in total. The quantitative estimate of drug-likeness (QED) is 0.454. The molecule has 3 aromatic rings. The highest BCUT2D eigenvalue weighted by molar-refractivity contribution is 5.97. The van der Waals surface area contributed by atoms with E-state index in [2.05, 4.69) is 91.9 Å². The molecule has 3 atom stereocenters. The summed E-state index contributed by atoms with van der Waals surface area (Å²) in [6.07, 6.45) is 4.96. The van der Waals surface area contributed by atoms with Crippen molar-refractivity contribution in [2.24, 2.45) is 17.8 Å². The van der Waals surface area contributed by atoms with E-state index in [4.69, 9.17) is 0 Å². The molecule has 0 aliphatic heterocycles. The van der Waals surface area contributed by atoms with E-state index in [0.717, 1.165) is 11.8 Å². The van der Waals surface area contributed by atoms with Gasteiger partial charge in [0.2, 0.25) is 0 Å². The lowest BCUT2D eigenvalue weighted by atomic mass is 9.69. The molecule has 1 saturated carbocycles. The third kappa shape index (κ3) is 1.43. The maximum Gasteiger partial charge on any atom is 0.0722 e. The van der Waals surface area contributed by atoms with Crippen molar-refractivity contribution in [2.75, 3.05) is 0 Å². The second-order valence-electron chi connectivity index (χ2n) is 8.54. The predicted octanol–water partition coefficient (Wildman–Crippen LogP) is 6.22. The summed E-state index contributed by atoms with van der Waals surface area (Å²) in [5, 5.41) is 0. The Balaban J connectivity index is 1.69. The van der Waals surface area contributed by atoms with Gasteiger partial charge in [0.25, 0.3) is 0 Å². The first-order chi connectivity index (χ1) is 13.3. The molecule has 0 amide bonds. The summed E-state index contributed by atoms with van der Waals surface area (Å²) >= 11 is 0. The van der Waals surface area contributed by atoms with E-state index < -0.39 is 0 Å². The number of benzene rings is 3. The number of hydrogen-bond acceptors (Lipinski definition) is 0. The van der Waals surface area contributed by atoms with Gasteiger partial charge in [0.15, 0.2) is 0 Å². The predicted molar refractivity (Wildman–Crippen MR) is 110 cm³/mol. The molecule has 7 rings (SSSR count). The van der Waals surface area contributed by atoms with Crippen LogP contribution in [0.2, 0.25) is 0 Å². The van der Waals surface area contributed by atoms with Gasteiger partial charge in [-0.3, -0.25) is 0 Å². The lowest BCUT2D eigenvalue weighted by molar-refractivity contribution is 0.779. The van der Waals surface area contributed by atoms with E-state index in [1.54, 1.807) is 5.57 Å². The van der Waals surface area contributed by atoms with Gasteiger partial charge in [-0.25, -0.2) is 0 Å². The highest BCUT2D eigenvalue weighted by Gasteiger charge is 2.59. The zero-order chi connectivity index (χ0) is 17.8. The molecule has 4 aliphatic rings. The summed E-state index contributed by atoms with van der Waals surface area (Å²) in [6, 6.07) is 27.3. The van der Waals surface area contributed by atoms with E-state index in [1.165, 1.54) is 39.0 Å². The van der Waals surface area contributed by atoms with Crippen molar-refractivity contribution in [3.05, 3.63) is 113 Å². The minimum atomic E-state index is -0.136. The van der Waals surface area contributed by atoms with E-state index in [0.29, 0.717) is 5.92 Å². The number of rotatable bonds is 0. The Morgan fingerprint density at radius 3 is 1.81 bits per heavy atom. The average Bonchev–Trinajstić information content (AvgIpc) is 3.17. The standard InChI is InChI=1S/C27H20/c1-16-17-14-15-24-26(25(16)17)20-10-4-7-13-23(20)27(24)21-11-5-2-8-18(21)19-9-3-6-12-22(19)27/h2-17,25H,1H3. The molecule has 27 heavy (non-hydrogen) atoms. The van der Waals surface area contributed by atoms with Crippen LogP contribution in [-0.4, -0.2) is 0 Å². The molecule has 0 saturated heterocycles. The van der Waals surface area contributed by atoms with Crippen LogP contribution in [0.5, 0.6) is 0 Å². The van der Waals surface area contributed by atoms with Crippen LogP contribution in [-0.2, 0) is 5.41 Å². The highest BCUT2D eigenvalue weighted by Crippen LogP contribution is 2.69. The Bertz CT molecular complexity index is 1160. The zero-order valence-electron chi connectivity index (χ0n) is 15.3. The maximum absolute atomic E-state index is 2.49. The SMILES string of the molecule is CC1C2C=CC3=C(c4ccccc4C34c3ccccc3-c3ccccc34)C12. The van der Waals surface area contributed by atoms with Gasteiger partial charge < -0.3 is 0 Å². The smallest absolute Gasteiger partial charge is 0.0722 e. The Labute approximate surface area is 159 Å². The zero-order valence-corrected chi connectivity index (χ0v) is 15.3. The summed E-state index contributed by atoms with van der Waals surface area (Å²) in [6.45, 7) is 2.42. The monoisotopic (exact) mass is 344 g/mol. The molecule has 128 valence electrons. The van der Waals surface area contributed by atoms with Gasteiger partial charge in [-0.05, 0) is 62.3 Å². The van der Waals surface area contributed by atoms with Gasteiger partial charge in [-0.2, -0.15) is 0 Å². The summed E-state index contributed by atoms with van der Waals surface area (Å²) in [5.41, 5.74) is 11.7. The molecule has 0 radical (unpaired) electrons. The third-order valence-corrected chi connectivity index (χ3v) is 7.53. The van der Waals surface area contributed by atoms with Crippen LogP contribution in [0.3, 0.4) is 0 Å². The van der Waals surface area contributed by atoms with Gasteiger partial charge in [-0.1, -0.05) is 91.9 Å². The Hall–Kier alpha value is -2.86.